The molecular weight excluding hydrogens is 289 g/mol. The molecule has 3 nitrogen and oxygen atoms in total. The molecule has 1 unspecified atom stereocenters. The SMILES string of the molecule is Cc1c(CN2CCCC(CCc3ccc(F)cc3)C2)cnn1C. The number of hydrogen-bond donors (Lipinski definition) is 0. The zero-order valence-electron chi connectivity index (χ0n) is 14.1. The molecule has 2 heterocycles. The van der Waals surface area contributed by atoms with Crippen molar-refractivity contribution in [3.05, 3.63) is 53.1 Å². The topological polar surface area (TPSA) is 21.1 Å². The van der Waals surface area contributed by atoms with Crippen LogP contribution in [0.3, 0.4) is 0 Å². The molecule has 0 bridgehead atoms. The molecule has 1 aliphatic rings. The van der Waals surface area contributed by atoms with Gasteiger partial charge in [-0.05, 0) is 62.8 Å². The fourth-order valence-electron chi connectivity index (χ4n) is 3.49. The molecule has 1 aromatic heterocycles. The third-order valence-electron chi connectivity index (χ3n) is 5.09. The van der Waals surface area contributed by atoms with Gasteiger partial charge in [-0.15, -0.1) is 0 Å². The monoisotopic (exact) mass is 315 g/mol. The zero-order valence-corrected chi connectivity index (χ0v) is 14.1. The Morgan fingerprint density at radius 1 is 1.26 bits per heavy atom. The van der Waals surface area contributed by atoms with Crippen molar-refractivity contribution >= 4 is 0 Å². The maximum absolute atomic E-state index is 13.0. The average Bonchev–Trinajstić information content (AvgIpc) is 2.87. The van der Waals surface area contributed by atoms with Crippen molar-refractivity contribution in [1.29, 1.82) is 0 Å². The molecule has 0 radical (unpaired) electrons. The van der Waals surface area contributed by atoms with Crippen molar-refractivity contribution in [2.75, 3.05) is 13.1 Å². The molecule has 124 valence electrons. The van der Waals surface area contributed by atoms with Crippen LogP contribution in [0.5, 0.6) is 0 Å². The minimum absolute atomic E-state index is 0.149. The van der Waals surface area contributed by atoms with Crippen LogP contribution in [0.4, 0.5) is 4.39 Å². The lowest BCUT2D eigenvalue weighted by Crippen LogP contribution is -2.35. The molecule has 23 heavy (non-hydrogen) atoms. The second kappa shape index (κ2) is 7.26. The van der Waals surface area contributed by atoms with Crippen LogP contribution in [0.1, 0.15) is 36.1 Å². The third kappa shape index (κ3) is 4.20. The zero-order chi connectivity index (χ0) is 16.2. The minimum atomic E-state index is -0.149. The second-order valence-corrected chi connectivity index (χ2v) is 6.79. The van der Waals surface area contributed by atoms with E-state index in [0.717, 1.165) is 25.4 Å². The Balaban J connectivity index is 1.51. The first-order chi connectivity index (χ1) is 11.1. The molecule has 0 amide bonds. The van der Waals surface area contributed by atoms with Crippen LogP contribution in [-0.4, -0.2) is 27.8 Å². The number of halogens is 1. The molecule has 1 saturated heterocycles. The molecule has 3 rings (SSSR count). The summed E-state index contributed by atoms with van der Waals surface area (Å²) in [6, 6.07) is 6.95. The fourth-order valence-corrected chi connectivity index (χ4v) is 3.49. The molecular formula is C19H26FN3. The molecule has 1 aromatic carbocycles. The first kappa shape index (κ1) is 16.2. The summed E-state index contributed by atoms with van der Waals surface area (Å²) in [5.41, 5.74) is 3.84. The summed E-state index contributed by atoms with van der Waals surface area (Å²) in [5.74, 6) is 0.593. The number of nitrogens with zero attached hydrogens (tertiary/aromatic N) is 3. The summed E-state index contributed by atoms with van der Waals surface area (Å²) < 4.78 is 14.9. The maximum Gasteiger partial charge on any atom is 0.123 e. The van der Waals surface area contributed by atoms with Gasteiger partial charge in [-0.2, -0.15) is 5.10 Å². The Morgan fingerprint density at radius 2 is 2.04 bits per heavy atom. The van der Waals surface area contributed by atoms with Crippen molar-refractivity contribution < 1.29 is 4.39 Å². The summed E-state index contributed by atoms with van der Waals surface area (Å²) in [6.45, 7) is 5.49. The molecule has 1 aliphatic heterocycles. The van der Waals surface area contributed by atoms with Gasteiger partial charge in [0.05, 0.1) is 6.20 Å². The lowest BCUT2D eigenvalue weighted by Gasteiger charge is -2.32. The van der Waals surface area contributed by atoms with Gasteiger partial charge in [0.15, 0.2) is 0 Å². The molecule has 1 fully saturated rings. The van der Waals surface area contributed by atoms with Gasteiger partial charge in [0.2, 0.25) is 0 Å². The highest BCUT2D eigenvalue weighted by molar-refractivity contribution is 5.17. The van der Waals surface area contributed by atoms with Crippen LogP contribution in [0, 0.1) is 18.7 Å². The summed E-state index contributed by atoms with van der Waals surface area (Å²) in [5, 5.41) is 4.34. The standard InChI is InChI=1S/C19H26FN3/c1-15-18(12-21-22(15)2)14-23-11-3-4-17(13-23)6-5-16-7-9-19(20)10-8-16/h7-10,12,17H,3-6,11,13-14H2,1-2H3. The van der Waals surface area contributed by atoms with Crippen LogP contribution in [0.25, 0.3) is 0 Å². The molecule has 0 spiro atoms. The molecule has 0 aliphatic carbocycles. The van der Waals surface area contributed by atoms with Gasteiger partial charge in [-0.3, -0.25) is 9.58 Å². The predicted octanol–water partition coefficient (Wildman–Crippen LogP) is 3.71. The maximum atomic E-state index is 13.0. The summed E-state index contributed by atoms with van der Waals surface area (Å²) in [7, 11) is 2.00. The Labute approximate surface area is 138 Å². The largest absolute Gasteiger partial charge is 0.299 e. The van der Waals surface area contributed by atoms with Gasteiger partial charge in [-0.1, -0.05) is 12.1 Å². The predicted molar refractivity (Wildman–Crippen MR) is 90.7 cm³/mol. The smallest absolute Gasteiger partial charge is 0.123 e. The van der Waals surface area contributed by atoms with Gasteiger partial charge in [-0.25, -0.2) is 4.39 Å². The first-order valence-electron chi connectivity index (χ1n) is 8.56. The lowest BCUT2D eigenvalue weighted by molar-refractivity contribution is 0.161. The Bertz CT molecular complexity index is 633. The number of aromatic nitrogens is 2. The first-order valence-corrected chi connectivity index (χ1v) is 8.56. The van der Waals surface area contributed by atoms with Gasteiger partial charge in [0.25, 0.3) is 0 Å². The Kier molecular flexibility index (Phi) is 5.11. The molecule has 4 heteroatoms. The Morgan fingerprint density at radius 3 is 2.74 bits per heavy atom. The average molecular weight is 315 g/mol. The van der Waals surface area contributed by atoms with Crippen molar-refractivity contribution in [3.63, 3.8) is 0 Å². The van der Waals surface area contributed by atoms with E-state index in [1.807, 2.05) is 30.1 Å². The highest BCUT2D eigenvalue weighted by Gasteiger charge is 2.20. The number of hydrogen-bond acceptors (Lipinski definition) is 2. The minimum Gasteiger partial charge on any atom is -0.299 e. The van der Waals surface area contributed by atoms with Crippen molar-refractivity contribution in [2.45, 2.75) is 39.2 Å². The van der Waals surface area contributed by atoms with Crippen LogP contribution in [-0.2, 0) is 20.0 Å². The van der Waals surface area contributed by atoms with Crippen molar-refractivity contribution in [2.24, 2.45) is 13.0 Å². The number of rotatable bonds is 5. The van der Waals surface area contributed by atoms with Gasteiger partial charge in [0.1, 0.15) is 5.82 Å². The quantitative estimate of drug-likeness (QED) is 0.838. The molecule has 1 atom stereocenters. The lowest BCUT2D eigenvalue weighted by atomic mass is 9.91. The van der Waals surface area contributed by atoms with E-state index in [4.69, 9.17) is 0 Å². The van der Waals surface area contributed by atoms with Gasteiger partial charge >= 0.3 is 0 Å². The van der Waals surface area contributed by atoms with E-state index in [9.17, 15) is 4.39 Å². The second-order valence-electron chi connectivity index (χ2n) is 6.79. The molecule has 0 saturated carbocycles. The summed E-state index contributed by atoms with van der Waals surface area (Å²) in [4.78, 5) is 2.56. The van der Waals surface area contributed by atoms with Crippen LogP contribution in [0.2, 0.25) is 0 Å². The normalized spacial score (nSPS) is 19.2. The van der Waals surface area contributed by atoms with Crippen LogP contribution >= 0.6 is 0 Å². The molecule has 2 aromatic rings. The van der Waals surface area contributed by atoms with E-state index in [2.05, 4.69) is 16.9 Å². The number of benzene rings is 1. The van der Waals surface area contributed by atoms with Gasteiger partial charge in [0, 0.05) is 31.4 Å². The fraction of sp³-hybridized carbons (Fsp3) is 0.526. The van der Waals surface area contributed by atoms with E-state index < -0.39 is 0 Å². The van der Waals surface area contributed by atoms with Crippen molar-refractivity contribution in [1.82, 2.24) is 14.7 Å². The highest BCUT2D eigenvalue weighted by atomic mass is 19.1. The van der Waals surface area contributed by atoms with Crippen molar-refractivity contribution in [3.8, 4) is 0 Å². The van der Waals surface area contributed by atoms with Crippen LogP contribution in [0.15, 0.2) is 30.5 Å². The number of likely N-dealkylation sites (tertiary alicyclic amines) is 1. The third-order valence-corrected chi connectivity index (χ3v) is 5.09. The summed E-state index contributed by atoms with van der Waals surface area (Å²) >= 11 is 0. The highest BCUT2D eigenvalue weighted by Crippen LogP contribution is 2.23. The summed E-state index contributed by atoms with van der Waals surface area (Å²) in [6.07, 6.45) is 6.81. The van der Waals surface area contributed by atoms with Crippen LogP contribution < -0.4 is 0 Å². The Hall–Kier alpha value is -1.68. The van der Waals surface area contributed by atoms with Gasteiger partial charge < -0.3 is 0 Å². The number of piperidine rings is 1. The molecule has 0 N–H and O–H groups in total. The van der Waals surface area contributed by atoms with E-state index >= 15 is 0 Å². The van der Waals surface area contributed by atoms with E-state index in [1.54, 1.807) is 12.1 Å². The van der Waals surface area contributed by atoms with E-state index in [0.29, 0.717) is 0 Å². The van der Waals surface area contributed by atoms with E-state index in [-0.39, 0.29) is 5.82 Å². The number of aryl methyl sites for hydroxylation is 2. The van der Waals surface area contributed by atoms with E-state index in [1.165, 1.54) is 42.6 Å².